The number of likely N-dealkylation sites (tertiary alicyclic amines) is 1. The SMILES string of the molecule is CSC1CCCN(C(N)=NC2CCCC2)CC1. The molecule has 98 valence electrons. The van der Waals surface area contributed by atoms with Gasteiger partial charge in [0.05, 0.1) is 6.04 Å². The molecule has 0 bridgehead atoms. The maximum atomic E-state index is 6.15. The monoisotopic (exact) mass is 255 g/mol. The van der Waals surface area contributed by atoms with Crippen LogP contribution in [0.2, 0.25) is 0 Å². The van der Waals surface area contributed by atoms with Crippen LogP contribution in [0.4, 0.5) is 0 Å². The number of nitrogens with zero attached hydrogens (tertiary/aromatic N) is 2. The average molecular weight is 255 g/mol. The zero-order valence-electron chi connectivity index (χ0n) is 10.9. The van der Waals surface area contributed by atoms with Gasteiger partial charge in [-0.15, -0.1) is 0 Å². The van der Waals surface area contributed by atoms with E-state index in [0.29, 0.717) is 6.04 Å². The van der Waals surface area contributed by atoms with Crippen LogP contribution >= 0.6 is 11.8 Å². The van der Waals surface area contributed by atoms with Crippen molar-refractivity contribution in [2.45, 2.75) is 56.2 Å². The summed E-state index contributed by atoms with van der Waals surface area (Å²) < 4.78 is 0. The molecule has 0 radical (unpaired) electrons. The maximum Gasteiger partial charge on any atom is 0.191 e. The smallest absolute Gasteiger partial charge is 0.191 e. The second kappa shape index (κ2) is 6.53. The maximum absolute atomic E-state index is 6.15. The van der Waals surface area contributed by atoms with Crippen molar-refractivity contribution in [3.05, 3.63) is 0 Å². The molecule has 0 amide bonds. The van der Waals surface area contributed by atoms with Gasteiger partial charge in [-0.25, -0.2) is 4.99 Å². The van der Waals surface area contributed by atoms with Crippen LogP contribution < -0.4 is 5.73 Å². The van der Waals surface area contributed by atoms with Gasteiger partial charge in [0.2, 0.25) is 0 Å². The number of hydrogen-bond donors (Lipinski definition) is 1. The van der Waals surface area contributed by atoms with E-state index >= 15 is 0 Å². The van der Waals surface area contributed by atoms with Gasteiger partial charge in [0.1, 0.15) is 0 Å². The molecule has 1 saturated heterocycles. The second-order valence-electron chi connectivity index (χ2n) is 5.20. The predicted octanol–water partition coefficient (Wildman–Crippen LogP) is 2.46. The fraction of sp³-hybridized carbons (Fsp3) is 0.923. The highest BCUT2D eigenvalue weighted by molar-refractivity contribution is 7.99. The molecule has 1 heterocycles. The van der Waals surface area contributed by atoms with E-state index in [1.807, 2.05) is 11.8 Å². The lowest BCUT2D eigenvalue weighted by Crippen LogP contribution is -2.39. The molecule has 17 heavy (non-hydrogen) atoms. The van der Waals surface area contributed by atoms with Crippen molar-refractivity contribution in [1.29, 1.82) is 0 Å². The van der Waals surface area contributed by atoms with Crippen molar-refractivity contribution >= 4 is 17.7 Å². The van der Waals surface area contributed by atoms with Crippen LogP contribution in [0.15, 0.2) is 4.99 Å². The standard InChI is InChI=1S/C13H25N3S/c1-17-12-7-4-9-16(10-8-12)13(14)15-11-5-2-3-6-11/h11-12H,2-10H2,1H3,(H2,14,15). The summed E-state index contributed by atoms with van der Waals surface area (Å²) in [5.74, 6) is 0.804. The largest absolute Gasteiger partial charge is 0.370 e. The number of aliphatic imine (C=N–C) groups is 1. The first-order chi connectivity index (χ1) is 8.29. The fourth-order valence-corrected chi connectivity index (χ4v) is 3.58. The summed E-state index contributed by atoms with van der Waals surface area (Å²) in [5.41, 5.74) is 6.15. The summed E-state index contributed by atoms with van der Waals surface area (Å²) in [6.07, 6.45) is 11.2. The Morgan fingerprint density at radius 1 is 1.12 bits per heavy atom. The third kappa shape index (κ3) is 3.80. The molecule has 1 saturated carbocycles. The highest BCUT2D eigenvalue weighted by Crippen LogP contribution is 2.23. The zero-order chi connectivity index (χ0) is 12.1. The Kier molecular flexibility index (Phi) is 5.01. The Hall–Kier alpha value is -0.380. The van der Waals surface area contributed by atoms with Gasteiger partial charge in [-0.05, 0) is 38.4 Å². The van der Waals surface area contributed by atoms with Gasteiger partial charge in [-0.2, -0.15) is 11.8 Å². The molecule has 1 aliphatic heterocycles. The number of guanidine groups is 1. The first-order valence-corrected chi connectivity index (χ1v) is 8.19. The summed E-state index contributed by atoms with van der Waals surface area (Å²) in [6.45, 7) is 2.19. The van der Waals surface area contributed by atoms with Gasteiger partial charge in [0.15, 0.2) is 5.96 Å². The lowest BCUT2D eigenvalue weighted by atomic mass is 10.2. The van der Waals surface area contributed by atoms with Gasteiger partial charge >= 0.3 is 0 Å². The molecule has 3 nitrogen and oxygen atoms in total. The molecule has 1 aliphatic carbocycles. The molecular weight excluding hydrogens is 230 g/mol. The normalized spacial score (nSPS) is 28.4. The summed E-state index contributed by atoms with van der Waals surface area (Å²) in [7, 11) is 0. The molecule has 0 spiro atoms. The Labute approximate surface area is 109 Å². The summed E-state index contributed by atoms with van der Waals surface area (Å²) >= 11 is 2.00. The van der Waals surface area contributed by atoms with Gasteiger partial charge in [-0.1, -0.05) is 12.8 Å². The number of rotatable bonds is 2. The summed E-state index contributed by atoms with van der Waals surface area (Å²) in [6, 6.07) is 0.509. The van der Waals surface area contributed by atoms with E-state index < -0.39 is 0 Å². The lowest BCUT2D eigenvalue weighted by Gasteiger charge is -2.22. The summed E-state index contributed by atoms with van der Waals surface area (Å²) in [5, 5.41) is 0.819. The lowest BCUT2D eigenvalue weighted by molar-refractivity contribution is 0.426. The van der Waals surface area contributed by atoms with Crippen LogP contribution in [-0.4, -0.2) is 41.5 Å². The van der Waals surface area contributed by atoms with E-state index in [2.05, 4.69) is 11.2 Å². The van der Waals surface area contributed by atoms with Crippen LogP contribution in [0.3, 0.4) is 0 Å². The average Bonchev–Trinajstić information content (AvgIpc) is 2.71. The quantitative estimate of drug-likeness (QED) is 0.609. The van der Waals surface area contributed by atoms with Crippen molar-refractivity contribution in [1.82, 2.24) is 4.90 Å². The van der Waals surface area contributed by atoms with Crippen LogP contribution in [0.5, 0.6) is 0 Å². The van der Waals surface area contributed by atoms with E-state index in [1.165, 1.54) is 44.9 Å². The second-order valence-corrected chi connectivity index (χ2v) is 6.34. The molecular formula is C13H25N3S. The van der Waals surface area contributed by atoms with Crippen LogP contribution in [0.1, 0.15) is 44.9 Å². The first kappa shape index (κ1) is 13.1. The molecule has 1 atom stereocenters. The summed E-state index contributed by atoms with van der Waals surface area (Å²) in [4.78, 5) is 7.01. The Morgan fingerprint density at radius 2 is 1.88 bits per heavy atom. The van der Waals surface area contributed by atoms with Crippen molar-refractivity contribution in [3.8, 4) is 0 Å². The van der Waals surface area contributed by atoms with Crippen molar-refractivity contribution in [2.24, 2.45) is 10.7 Å². The van der Waals surface area contributed by atoms with Crippen molar-refractivity contribution in [2.75, 3.05) is 19.3 Å². The first-order valence-electron chi connectivity index (χ1n) is 6.90. The molecule has 0 aromatic rings. The Balaban J connectivity index is 1.87. The zero-order valence-corrected chi connectivity index (χ0v) is 11.7. The van der Waals surface area contributed by atoms with Crippen molar-refractivity contribution < 1.29 is 0 Å². The molecule has 2 N–H and O–H groups in total. The number of thioether (sulfide) groups is 1. The minimum atomic E-state index is 0.509. The topological polar surface area (TPSA) is 41.6 Å². The molecule has 0 aromatic heterocycles. The van der Waals surface area contributed by atoms with Crippen LogP contribution in [-0.2, 0) is 0 Å². The van der Waals surface area contributed by atoms with E-state index in [4.69, 9.17) is 10.7 Å². The molecule has 2 rings (SSSR count). The number of nitrogens with two attached hydrogens (primary N) is 1. The van der Waals surface area contributed by atoms with Crippen LogP contribution in [0.25, 0.3) is 0 Å². The fourth-order valence-electron chi connectivity index (χ4n) is 2.83. The van der Waals surface area contributed by atoms with Gasteiger partial charge in [0.25, 0.3) is 0 Å². The number of hydrogen-bond acceptors (Lipinski definition) is 2. The van der Waals surface area contributed by atoms with E-state index in [1.54, 1.807) is 0 Å². The third-order valence-corrected chi connectivity index (χ3v) is 5.11. The highest BCUT2D eigenvalue weighted by Gasteiger charge is 2.19. The van der Waals surface area contributed by atoms with E-state index in [-0.39, 0.29) is 0 Å². The van der Waals surface area contributed by atoms with E-state index in [0.717, 1.165) is 24.3 Å². The highest BCUT2D eigenvalue weighted by atomic mass is 32.2. The van der Waals surface area contributed by atoms with Gasteiger partial charge in [0, 0.05) is 18.3 Å². The Morgan fingerprint density at radius 3 is 2.59 bits per heavy atom. The molecule has 1 unspecified atom stereocenters. The Bertz CT molecular complexity index is 261. The molecule has 2 fully saturated rings. The molecule has 0 aromatic carbocycles. The van der Waals surface area contributed by atoms with Crippen molar-refractivity contribution in [3.63, 3.8) is 0 Å². The minimum Gasteiger partial charge on any atom is -0.370 e. The van der Waals surface area contributed by atoms with E-state index in [9.17, 15) is 0 Å². The minimum absolute atomic E-state index is 0.509. The molecule has 2 aliphatic rings. The van der Waals surface area contributed by atoms with Crippen LogP contribution in [0, 0.1) is 0 Å². The van der Waals surface area contributed by atoms with Gasteiger partial charge < -0.3 is 10.6 Å². The van der Waals surface area contributed by atoms with Gasteiger partial charge in [-0.3, -0.25) is 0 Å². The third-order valence-electron chi connectivity index (χ3n) is 3.97. The molecule has 4 heteroatoms. The predicted molar refractivity (Wildman–Crippen MR) is 76.6 cm³/mol.